The van der Waals surface area contributed by atoms with Crippen LogP contribution in [-0.2, 0) is 9.47 Å². The summed E-state index contributed by atoms with van der Waals surface area (Å²) >= 11 is 0. The van der Waals surface area contributed by atoms with Crippen molar-refractivity contribution in [3.05, 3.63) is 12.8 Å². The molecule has 0 spiro atoms. The van der Waals surface area contributed by atoms with Crippen molar-refractivity contribution in [2.75, 3.05) is 6.61 Å². The van der Waals surface area contributed by atoms with E-state index in [-0.39, 0.29) is 25.2 Å². The van der Waals surface area contributed by atoms with E-state index in [0.29, 0.717) is 6.61 Å². The summed E-state index contributed by atoms with van der Waals surface area (Å²) in [6.07, 6.45) is 2.07. The fourth-order valence-electron chi connectivity index (χ4n) is 0.386. The van der Waals surface area contributed by atoms with E-state index in [4.69, 9.17) is 9.47 Å². The van der Waals surface area contributed by atoms with Crippen LogP contribution in [-0.4, -0.2) is 12.9 Å². The summed E-state index contributed by atoms with van der Waals surface area (Å²) in [4.78, 5) is 0. The molecule has 9 heavy (non-hydrogen) atoms. The summed E-state index contributed by atoms with van der Waals surface area (Å²) in [5.74, 6) is 0. The van der Waals surface area contributed by atoms with Gasteiger partial charge in [0.25, 0.3) is 0 Å². The van der Waals surface area contributed by atoms with Gasteiger partial charge in [-0.05, 0) is 13.8 Å². The quantitative estimate of drug-likeness (QED) is 0.192. The van der Waals surface area contributed by atoms with Crippen LogP contribution >= 0.6 is 0 Å². The molecule has 0 heterocycles. The zero-order valence-electron chi connectivity index (χ0n) is 6.31. The number of hydrogen-bond acceptors (Lipinski definition) is 2. The molecule has 1 unspecified atom stereocenters. The van der Waals surface area contributed by atoms with Crippen LogP contribution in [0.5, 0.6) is 0 Å². The molecule has 0 aromatic rings. The maximum absolute atomic E-state index is 4.96. The summed E-state index contributed by atoms with van der Waals surface area (Å²) < 4.78 is 9.66. The van der Waals surface area contributed by atoms with Gasteiger partial charge >= 0.3 is 18.9 Å². The Labute approximate surface area is 68.4 Å². The van der Waals surface area contributed by atoms with Crippen molar-refractivity contribution < 1.29 is 28.3 Å². The Morgan fingerprint density at radius 3 is 2.56 bits per heavy atom. The molecule has 1 atom stereocenters. The monoisotopic (exact) mass is 122 g/mol. The Kier molecular flexibility index (Phi) is 10.7. The van der Waals surface area contributed by atoms with Crippen molar-refractivity contribution >= 4 is 0 Å². The summed E-state index contributed by atoms with van der Waals surface area (Å²) in [5.41, 5.74) is 0. The van der Waals surface area contributed by atoms with Crippen molar-refractivity contribution in [1.29, 1.82) is 0 Å². The maximum Gasteiger partial charge on any atom is 1.00 e. The van der Waals surface area contributed by atoms with Gasteiger partial charge in [0, 0.05) is 6.61 Å². The third-order valence-electron chi connectivity index (χ3n) is 0.651. The molecule has 0 aromatic heterocycles. The fraction of sp³-hybridized carbons (Fsp3) is 0.667. The standard InChI is InChI=1S/C6H11O2.Li/c1-4-7-6(3)8-5-2;/h6H,1,5H2,2-3H3;/q-1;+1. The summed E-state index contributed by atoms with van der Waals surface area (Å²) in [6, 6.07) is 0. The Bertz CT molecular complexity index is 66.1. The summed E-state index contributed by atoms with van der Waals surface area (Å²) in [7, 11) is 0. The molecule has 0 aliphatic carbocycles. The van der Waals surface area contributed by atoms with E-state index in [1.165, 1.54) is 0 Å². The van der Waals surface area contributed by atoms with Gasteiger partial charge in [-0.15, -0.1) is 0 Å². The van der Waals surface area contributed by atoms with Gasteiger partial charge in [-0.1, -0.05) is 0 Å². The third-order valence-corrected chi connectivity index (χ3v) is 0.651. The molecule has 3 heteroatoms. The Morgan fingerprint density at radius 1 is 1.67 bits per heavy atom. The molecule has 0 N–H and O–H groups in total. The largest absolute Gasteiger partial charge is 1.00 e. The van der Waals surface area contributed by atoms with Crippen LogP contribution in [0.4, 0.5) is 0 Å². The van der Waals surface area contributed by atoms with Crippen molar-refractivity contribution in [2.24, 2.45) is 0 Å². The second kappa shape index (κ2) is 8.10. The Balaban J connectivity index is 0. The first-order valence-electron chi connectivity index (χ1n) is 2.60. The molecular formula is C6H11LiO2. The molecule has 0 amide bonds. The average molecular weight is 122 g/mol. The minimum Gasteiger partial charge on any atom is -0.673 e. The van der Waals surface area contributed by atoms with Crippen LogP contribution in [0.1, 0.15) is 13.8 Å². The Morgan fingerprint density at radius 2 is 2.22 bits per heavy atom. The SMILES string of the molecule is C=[C-]OC(C)OCC.[Li+]. The topological polar surface area (TPSA) is 18.5 Å². The van der Waals surface area contributed by atoms with E-state index in [1.54, 1.807) is 6.92 Å². The molecule has 0 radical (unpaired) electrons. The zero-order chi connectivity index (χ0) is 6.41. The van der Waals surface area contributed by atoms with Crippen LogP contribution in [0.2, 0.25) is 0 Å². The van der Waals surface area contributed by atoms with Gasteiger partial charge in [0.2, 0.25) is 0 Å². The molecule has 0 rings (SSSR count). The minimum atomic E-state index is -0.211. The maximum atomic E-state index is 4.96. The van der Waals surface area contributed by atoms with Gasteiger partial charge in [0.1, 0.15) is 0 Å². The Hall–Kier alpha value is 0.0974. The van der Waals surface area contributed by atoms with E-state index >= 15 is 0 Å². The van der Waals surface area contributed by atoms with Gasteiger partial charge < -0.3 is 15.7 Å². The van der Waals surface area contributed by atoms with Crippen LogP contribution in [0.3, 0.4) is 0 Å². The van der Waals surface area contributed by atoms with Crippen LogP contribution in [0.25, 0.3) is 0 Å². The fourth-order valence-corrected chi connectivity index (χ4v) is 0.386. The molecular weight excluding hydrogens is 111 g/mol. The van der Waals surface area contributed by atoms with Gasteiger partial charge in [-0.2, -0.15) is 0 Å². The van der Waals surface area contributed by atoms with Crippen LogP contribution < -0.4 is 18.9 Å². The van der Waals surface area contributed by atoms with E-state index in [9.17, 15) is 0 Å². The first-order chi connectivity index (χ1) is 3.81. The summed E-state index contributed by atoms with van der Waals surface area (Å²) in [5, 5.41) is 0. The molecule has 2 nitrogen and oxygen atoms in total. The molecule has 0 aliphatic heterocycles. The van der Waals surface area contributed by atoms with Gasteiger partial charge in [-0.25, -0.2) is 6.58 Å². The molecule has 0 fully saturated rings. The molecule has 0 bridgehead atoms. The molecule has 0 aromatic carbocycles. The number of ether oxygens (including phenoxy) is 2. The van der Waals surface area contributed by atoms with E-state index in [2.05, 4.69) is 12.8 Å². The van der Waals surface area contributed by atoms with Crippen LogP contribution in [0, 0.1) is 6.26 Å². The van der Waals surface area contributed by atoms with E-state index < -0.39 is 0 Å². The van der Waals surface area contributed by atoms with E-state index in [1.807, 2.05) is 6.92 Å². The van der Waals surface area contributed by atoms with Gasteiger partial charge in [0.15, 0.2) is 6.29 Å². The van der Waals surface area contributed by atoms with Gasteiger partial charge in [-0.3, -0.25) is 0 Å². The first-order valence-corrected chi connectivity index (χ1v) is 2.60. The number of rotatable bonds is 4. The second-order valence-corrected chi connectivity index (χ2v) is 1.29. The first kappa shape index (κ1) is 11.8. The van der Waals surface area contributed by atoms with Crippen molar-refractivity contribution in [2.45, 2.75) is 20.1 Å². The molecule has 48 valence electrons. The molecule has 0 aliphatic rings. The van der Waals surface area contributed by atoms with Crippen LogP contribution in [0.15, 0.2) is 6.58 Å². The normalized spacial score (nSPS) is 11.3. The van der Waals surface area contributed by atoms with E-state index in [0.717, 1.165) is 0 Å². The van der Waals surface area contributed by atoms with Crippen molar-refractivity contribution in [3.63, 3.8) is 0 Å². The second-order valence-electron chi connectivity index (χ2n) is 1.29. The zero-order valence-corrected chi connectivity index (χ0v) is 6.31. The minimum absolute atomic E-state index is 0. The summed E-state index contributed by atoms with van der Waals surface area (Å²) in [6.45, 7) is 7.61. The van der Waals surface area contributed by atoms with Crippen molar-refractivity contribution in [1.82, 2.24) is 0 Å². The predicted molar refractivity (Wildman–Crippen MR) is 31.0 cm³/mol. The molecule has 0 saturated carbocycles. The number of hydrogen-bond donors (Lipinski definition) is 0. The predicted octanol–water partition coefficient (Wildman–Crippen LogP) is -1.66. The smallest absolute Gasteiger partial charge is 0.673 e. The average Bonchev–Trinajstić information content (AvgIpc) is 1.68. The molecule has 0 saturated heterocycles. The van der Waals surface area contributed by atoms with Crippen molar-refractivity contribution in [3.8, 4) is 0 Å². The van der Waals surface area contributed by atoms with Gasteiger partial charge in [0.05, 0.1) is 0 Å². The third kappa shape index (κ3) is 8.10.